The number of rotatable bonds is 5. The number of thiazole rings is 1. The van der Waals surface area contributed by atoms with Gasteiger partial charge in [-0.2, -0.15) is 0 Å². The van der Waals surface area contributed by atoms with Gasteiger partial charge in [0.05, 0.1) is 7.11 Å². The van der Waals surface area contributed by atoms with Crippen molar-refractivity contribution in [3.63, 3.8) is 0 Å². The number of nitrogens with zero attached hydrogens (tertiary/aromatic N) is 1. The van der Waals surface area contributed by atoms with Gasteiger partial charge in [0.25, 0.3) is 0 Å². The Balaban J connectivity index is 2.32. The Morgan fingerprint density at radius 2 is 1.95 bits per heavy atom. The first-order valence-electron chi connectivity index (χ1n) is 5.54. The monoisotopic (exact) mass is 283 g/mol. The number of methoxy groups -OCH3 is 3. The van der Waals surface area contributed by atoms with Crippen molar-refractivity contribution in [2.75, 3.05) is 21.3 Å². The Morgan fingerprint density at radius 1 is 1.21 bits per heavy atom. The maximum atomic E-state index is 13.9. The Kier molecular flexibility index (Phi) is 4.47. The van der Waals surface area contributed by atoms with Crippen LogP contribution in [0.2, 0.25) is 0 Å². The molecule has 102 valence electrons. The quantitative estimate of drug-likeness (QED) is 0.790. The molecule has 0 fully saturated rings. The normalized spacial score (nSPS) is 11.0. The van der Waals surface area contributed by atoms with Gasteiger partial charge in [-0.1, -0.05) is 0 Å². The van der Waals surface area contributed by atoms with Crippen molar-refractivity contribution >= 4 is 11.3 Å². The molecule has 2 rings (SSSR count). The van der Waals surface area contributed by atoms with Crippen molar-refractivity contribution in [2.45, 2.75) is 6.29 Å². The number of hydrogen-bond donors (Lipinski definition) is 0. The Bertz CT molecular complexity index is 555. The zero-order valence-corrected chi connectivity index (χ0v) is 11.7. The largest absolute Gasteiger partial charge is 0.497 e. The van der Waals surface area contributed by atoms with Crippen LogP contribution in [-0.2, 0) is 9.47 Å². The fraction of sp³-hybridized carbons (Fsp3) is 0.308. The van der Waals surface area contributed by atoms with Crippen molar-refractivity contribution < 1.29 is 18.6 Å². The summed E-state index contributed by atoms with van der Waals surface area (Å²) in [5.41, 5.74) is 1.06. The summed E-state index contributed by atoms with van der Waals surface area (Å²) < 4.78 is 29.1. The molecule has 0 saturated carbocycles. The fourth-order valence-electron chi connectivity index (χ4n) is 1.65. The van der Waals surface area contributed by atoms with E-state index in [1.54, 1.807) is 17.5 Å². The summed E-state index contributed by atoms with van der Waals surface area (Å²) in [4.78, 5) is 4.33. The van der Waals surface area contributed by atoms with E-state index in [-0.39, 0.29) is 5.82 Å². The van der Waals surface area contributed by atoms with Gasteiger partial charge in [-0.15, -0.1) is 11.3 Å². The molecule has 1 aromatic heterocycles. The van der Waals surface area contributed by atoms with Gasteiger partial charge < -0.3 is 14.2 Å². The summed E-state index contributed by atoms with van der Waals surface area (Å²) in [5.74, 6) is 0.108. The summed E-state index contributed by atoms with van der Waals surface area (Å²) >= 11 is 1.34. The molecule has 0 radical (unpaired) electrons. The van der Waals surface area contributed by atoms with E-state index in [0.29, 0.717) is 22.0 Å². The topological polar surface area (TPSA) is 40.6 Å². The Labute approximate surface area is 114 Å². The van der Waals surface area contributed by atoms with E-state index in [9.17, 15) is 4.39 Å². The fourth-order valence-corrected chi connectivity index (χ4v) is 2.50. The summed E-state index contributed by atoms with van der Waals surface area (Å²) in [6.45, 7) is 0. The van der Waals surface area contributed by atoms with Crippen LogP contribution in [-0.4, -0.2) is 26.3 Å². The average molecular weight is 283 g/mol. The first-order chi connectivity index (χ1) is 9.19. The standard InChI is InChI=1S/C13H14FNO3S/c1-16-8-4-5-9(10(14)6-8)12-15-11(7-19-12)13(17-2)18-3/h4-7,13H,1-3H3. The van der Waals surface area contributed by atoms with E-state index >= 15 is 0 Å². The maximum Gasteiger partial charge on any atom is 0.201 e. The van der Waals surface area contributed by atoms with E-state index in [4.69, 9.17) is 14.2 Å². The molecule has 0 aliphatic heterocycles. The second kappa shape index (κ2) is 6.10. The molecule has 4 nitrogen and oxygen atoms in total. The Hall–Kier alpha value is -1.50. The summed E-state index contributed by atoms with van der Waals surface area (Å²) in [6.07, 6.45) is -0.536. The molecule has 1 heterocycles. The highest BCUT2D eigenvalue weighted by molar-refractivity contribution is 7.13. The second-order valence-corrected chi connectivity index (χ2v) is 4.58. The first kappa shape index (κ1) is 13.9. The van der Waals surface area contributed by atoms with E-state index < -0.39 is 6.29 Å². The van der Waals surface area contributed by atoms with Gasteiger partial charge in [-0.05, 0) is 12.1 Å². The van der Waals surface area contributed by atoms with Gasteiger partial charge in [-0.25, -0.2) is 9.37 Å². The molecule has 6 heteroatoms. The van der Waals surface area contributed by atoms with Crippen LogP contribution in [0.3, 0.4) is 0 Å². The zero-order valence-electron chi connectivity index (χ0n) is 10.8. The van der Waals surface area contributed by atoms with Crippen molar-refractivity contribution in [3.05, 3.63) is 35.1 Å². The van der Waals surface area contributed by atoms with E-state index in [0.717, 1.165) is 0 Å². The molecule has 0 saturated heterocycles. The molecule has 0 aliphatic rings. The van der Waals surface area contributed by atoms with Gasteiger partial charge >= 0.3 is 0 Å². The van der Waals surface area contributed by atoms with E-state index in [1.165, 1.54) is 38.7 Å². The highest BCUT2D eigenvalue weighted by Gasteiger charge is 2.16. The summed E-state index contributed by atoms with van der Waals surface area (Å²) in [7, 11) is 4.56. The lowest BCUT2D eigenvalue weighted by Gasteiger charge is -2.09. The number of halogens is 1. The van der Waals surface area contributed by atoms with Crippen LogP contribution < -0.4 is 4.74 Å². The number of aromatic nitrogens is 1. The maximum absolute atomic E-state index is 13.9. The van der Waals surface area contributed by atoms with Crippen molar-refractivity contribution in [2.24, 2.45) is 0 Å². The van der Waals surface area contributed by atoms with Gasteiger partial charge in [0, 0.05) is 31.2 Å². The molecule has 0 N–H and O–H groups in total. The van der Waals surface area contributed by atoms with Crippen LogP contribution in [0.15, 0.2) is 23.6 Å². The second-order valence-electron chi connectivity index (χ2n) is 3.73. The predicted octanol–water partition coefficient (Wildman–Crippen LogP) is 3.25. The van der Waals surface area contributed by atoms with Crippen LogP contribution in [0.5, 0.6) is 5.75 Å². The minimum Gasteiger partial charge on any atom is -0.497 e. The minimum atomic E-state index is -0.536. The molecular formula is C13H14FNO3S. The van der Waals surface area contributed by atoms with Gasteiger partial charge in [0.15, 0.2) is 0 Å². The SMILES string of the molecule is COc1ccc(-c2nc(C(OC)OC)cs2)c(F)c1. The van der Waals surface area contributed by atoms with E-state index in [2.05, 4.69) is 4.98 Å². The zero-order chi connectivity index (χ0) is 13.8. The summed E-state index contributed by atoms with van der Waals surface area (Å²) in [6, 6.07) is 4.68. The highest BCUT2D eigenvalue weighted by atomic mass is 32.1. The first-order valence-corrected chi connectivity index (χ1v) is 6.42. The lowest BCUT2D eigenvalue weighted by atomic mass is 10.2. The molecule has 0 bridgehead atoms. The summed E-state index contributed by atoms with van der Waals surface area (Å²) in [5, 5.41) is 2.37. The van der Waals surface area contributed by atoms with Gasteiger partial charge in [0.2, 0.25) is 6.29 Å². The minimum absolute atomic E-state index is 0.369. The highest BCUT2D eigenvalue weighted by Crippen LogP contribution is 2.31. The Morgan fingerprint density at radius 3 is 2.53 bits per heavy atom. The van der Waals surface area contributed by atoms with E-state index in [1.807, 2.05) is 0 Å². The van der Waals surface area contributed by atoms with Crippen LogP contribution in [0, 0.1) is 5.82 Å². The van der Waals surface area contributed by atoms with Gasteiger partial charge in [-0.3, -0.25) is 0 Å². The van der Waals surface area contributed by atoms with Crippen LogP contribution >= 0.6 is 11.3 Å². The van der Waals surface area contributed by atoms with Crippen LogP contribution in [0.4, 0.5) is 4.39 Å². The average Bonchev–Trinajstić information content (AvgIpc) is 2.89. The molecule has 0 unspecified atom stereocenters. The van der Waals surface area contributed by atoms with Crippen molar-refractivity contribution in [1.29, 1.82) is 0 Å². The molecule has 0 spiro atoms. The third-order valence-corrected chi connectivity index (χ3v) is 3.49. The molecule has 0 aliphatic carbocycles. The van der Waals surface area contributed by atoms with Gasteiger partial charge in [0.1, 0.15) is 22.3 Å². The lowest BCUT2D eigenvalue weighted by Crippen LogP contribution is -2.03. The van der Waals surface area contributed by atoms with Crippen molar-refractivity contribution in [3.8, 4) is 16.3 Å². The number of benzene rings is 1. The third kappa shape index (κ3) is 2.91. The molecule has 2 aromatic rings. The number of ether oxygens (including phenoxy) is 3. The third-order valence-electron chi connectivity index (χ3n) is 2.60. The molecule has 19 heavy (non-hydrogen) atoms. The predicted molar refractivity (Wildman–Crippen MR) is 70.8 cm³/mol. The molecular weight excluding hydrogens is 269 g/mol. The smallest absolute Gasteiger partial charge is 0.201 e. The van der Waals surface area contributed by atoms with Crippen molar-refractivity contribution in [1.82, 2.24) is 4.98 Å². The van der Waals surface area contributed by atoms with Crippen LogP contribution in [0.1, 0.15) is 12.0 Å². The lowest BCUT2D eigenvalue weighted by molar-refractivity contribution is -0.108. The molecule has 0 amide bonds. The number of hydrogen-bond acceptors (Lipinski definition) is 5. The molecule has 1 aromatic carbocycles. The molecule has 0 atom stereocenters. The van der Waals surface area contributed by atoms with Crippen LogP contribution in [0.25, 0.3) is 10.6 Å².